The van der Waals surface area contributed by atoms with E-state index in [0.29, 0.717) is 37.1 Å². The molecule has 8 nitrogen and oxygen atoms in total. The van der Waals surface area contributed by atoms with Crippen molar-refractivity contribution in [2.45, 2.75) is 33.2 Å². The van der Waals surface area contributed by atoms with Gasteiger partial charge in [0, 0.05) is 70.1 Å². The Morgan fingerprint density at radius 1 is 1.08 bits per heavy atom. The molecular formula is C28H33FN4O4. The van der Waals surface area contributed by atoms with Crippen molar-refractivity contribution in [3.05, 3.63) is 70.7 Å². The van der Waals surface area contributed by atoms with Gasteiger partial charge in [-0.2, -0.15) is 0 Å². The van der Waals surface area contributed by atoms with Gasteiger partial charge in [-0.3, -0.25) is 19.3 Å². The minimum Gasteiger partial charge on any atom is -0.364 e. The zero-order valence-corrected chi connectivity index (χ0v) is 22.0. The molecule has 1 aromatic heterocycles. The molecule has 1 aliphatic rings. The van der Waals surface area contributed by atoms with Crippen molar-refractivity contribution in [2.75, 3.05) is 40.8 Å². The number of ether oxygens (including phenoxy) is 1. The SMILES string of the molecule is COCn1c(C)c(C(=O)N2CCN(Cc3ccc(F)cc3)C[C@H]2C)c2cc(C(=O)C(=O)N(C)C)ccc21. The minimum absolute atomic E-state index is 0.0537. The lowest BCUT2D eigenvalue weighted by atomic mass is 10.0. The molecule has 2 aromatic carbocycles. The molecule has 0 N–H and O–H groups in total. The summed E-state index contributed by atoms with van der Waals surface area (Å²) in [6.07, 6.45) is 0. The molecule has 37 heavy (non-hydrogen) atoms. The zero-order chi connectivity index (χ0) is 26.9. The first-order valence-corrected chi connectivity index (χ1v) is 12.3. The van der Waals surface area contributed by atoms with Gasteiger partial charge in [-0.05, 0) is 49.7 Å². The van der Waals surface area contributed by atoms with Gasteiger partial charge in [0.05, 0.1) is 11.1 Å². The molecule has 3 aromatic rings. The van der Waals surface area contributed by atoms with Crippen molar-refractivity contribution in [2.24, 2.45) is 0 Å². The molecule has 0 spiro atoms. The van der Waals surface area contributed by atoms with Gasteiger partial charge in [0.2, 0.25) is 5.78 Å². The van der Waals surface area contributed by atoms with Crippen LogP contribution in [0, 0.1) is 12.7 Å². The molecule has 1 aliphatic heterocycles. The van der Waals surface area contributed by atoms with Gasteiger partial charge in [-0.1, -0.05) is 12.1 Å². The fraction of sp³-hybridized carbons (Fsp3) is 0.393. The van der Waals surface area contributed by atoms with Gasteiger partial charge >= 0.3 is 0 Å². The van der Waals surface area contributed by atoms with E-state index >= 15 is 0 Å². The summed E-state index contributed by atoms with van der Waals surface area (Å²) in [5.74, 6) is -1.61. The number of methoxy groups -OCH3 is 1. The highest BCUT2D eigenvalue weighted by molar-refractivity contribution is 6.43. The molecule has 2 heterocycles. The number of nitrogens with zero attached hydrogens (tertiary/aromatic N) is 4. The number of carbonyl (C=O) groups is 3. The molecule has 2 amide bonds. The molecule has 1 fully saturated rings. The van der Waals surface area contributed by atoms with Crippen LogP contribution in [0.3, 0.4) is 0 Å². The molecular weight excluding hydrogens is 475 g/mol. The third-order valence-electron chi connectivity index (χ3n) is 6.95. The first kappa shape index (κ1) is 26.5. The van der Waals surface area contributed by atoms with Crippen LogP contribution in [0.4, 0.5) is 4.39 Å². The van der Waals surface area contributed by atoms with E-state index < -0.39 is 11.7 Å². The predicted octanol–water partition coefficient (Wildman–Crippen LogP) is 3.31. The maximum Gasteiger partial charge on any atom is 0.294 e. The number of hydrogen-bond donors (Lipinski definition) is 0. The summed E-state index contributed by atoms with van der Waals surface area (Å²) in [5, 5.41) is 0.623. The van der Waals surface area contributed by atoms with Crippen molar-refractivity contribution in [3.63, 3.8) is 0 Å². The Balaban J connectivity index is 1.63. The van der Waals surface area contributed by atoms with Crippen LogP contribution < -0.4 is 0 Å². The lowest BCUT2D eigenvalue weighted by molar-refractivity contribution is -0.124. The Morgan fingerprint density at radius 3 is 2.41 bits per heavy atom. The molecule has 4 rings (SSSR count). The summed E-state index contributed by atoms with van der Waals surface area (Å²) >= 11 is 0. The van der Waals surface area contributed by atoms with Gasteiger partial charge in [-0.15, -0.1) is 0 Å². The Labute approximate surface area is 216 Å². The van der Waals surface area contributed by atoms with E-state index in [1.165, 1.54) is 31.1 Å². The van der Waals surface area contributed by atoms with Crippen LogP contribution in [0.2, 0.25) is 0 Å². The number of carbonyl (C=O) groups excluding carboxylic acids is 3. The van der Waals surface area contributed by atoms with Crippen molar-refractivity contribution in [3.8, 4) is 0 Å². The van der Waals surface area contributed by atoms with Gasteiger partial charge in [-0.25, -0.2) is 4.39 Å². The number of halogens is 1. The Bertz CT molecular complexity index is 1330. The van der Waals surface area contributed by atoms with Gasteiger partial charge in [0.25, 0.3) is 11.8 Å². The molecule has 1 saturated heterocycles. The van der Waals surface area contributed by atoms with Crippen molar-refractivity contribution < 1.29 is 23.5 Å². The maximum absolute atomic E-state index is 13.9. The van der Waals surface area contributed by atoms with Crippen molar-refractivity contribution >= 4 is 28.5 Å². The van der Waals surface area contributed by atoms with Crippen LogP contribution in [0.5, 0.6) is 0 Å². The maximum atomic E-state index is 13.9. The third kappa shape index (κ3) is 5.28. The summed E-state index contributed by atoms with van der Waals surface area (Å²) in [4.78, 5) is 44.3. The Kier molecular flexibility index (Phi) is 7.75. The van der Waals surface area contributed by atoms with Crippen molar-refractivity contribution in [1.82, 2.24) is 19.3 Å². The number of amides is 2. The number of likely N-dealkylation sites (N-methyl/N-ethyl adjacent to an activating group) is 1. The van der Waals surface area contributed by atoms with Gasteiger partial charge in [0.1, 0.15) is 12.5 Å². The summed E-state index contributed by atoms with van der Waals surface area (Å²) in [7, 11) is 4.65. The average molecular weight is 509 g/mol. The van der Waals surface area contributed by atoms with E-state index in [4.69, 9.17) is 4.74 Å². The number of hydrogen-bond acceptors (Lipinski definition) is 5. The number of fused-ring (bicyclic) bond motifs is 1. The Morgan fingerprint density at radius 2 is 1.78 bits per heavy atom. The number of benzene rings is 2. The lowest BCUT2D eigenvalue weighted by Gasteiger charge is -2.40. The monoisotopic (exact) mass is 508 g/mol. The third-order valence-corrected chi connectivity index (χ3v) is 6.95. The number of Topliss-reactive ketones (excluding diaryl/α,β-unsaturated/α-hetero) is 1. The molecule has 1 atom stereocenters. The van der Waals surface area contributed by atoms with Crippen LogP contribution in [-0.4, -0.2) is 83.7 Å². The van der Waals surface area contributed by atoms with Gasteiger partial charge in [0.15, 0.2) is 0 Å². The fourth-order valence-electron chi connectivity index (χ4n) is 4.99. The summed E-state index contributed by atoms with van der Waals surface area (Å²) in [6.45, 7) is 6.72. The van der Waals surface area contributed by atoms with E-state index in [9.17, 15) is 18.8 Å². The molecule has 0 bridgehead atoms. The molecule has 9 heteroatoms. The van der Waals surface area contributed by atoms with Gasteiger partial charge < -0.3 is 19.1 Å². The number of ketones is 1. The van der Waals surface area contributed by atoms with Crippen LogP contribution in [0.15, 0.2) is 42.5 Å². The molecule has 196 valence electrons. The topological polar surface area (TPSA) is 75.1 Å². The van der Waals surface area contributed by atoms with Crippen LogP contribution in [0.25, 0.3) is 10.9 Å². The number of piperazine rings is 1. The second kappa shape index (κ2) is 10.8. The average Bonchev–Trinajstić information content (AvgIpc) is 3.14. The standard InChI is InChI=1S/C28H33FN4O4/c1-18-15-31(16-20-6-9-22(29)10-7-20)12-13-32(18)27(35)25-19(2)33(17-37-5)24-11-8-21(14-23(24)25)26(34)28(36)30(3)4/h6-11,14,18H,12-13,15-17H2,1-5H3/t18-/m1/s1. The summed E-state index contributed by atoms with van der Waals surface area (Å²) in [6, 6.07) is 11.4. The Hall–Kier alpha value is -3.56. The summed E-state index contributed by atoms with van der Waals surface area (Å²) in [5.41, 5.74) is 3.28. The second-order valence-corrected chi connectivity index (χ2v) is 9.78. The fourth-order valence-corrected chi connectivity index (χ4v) is 4.99. The second-order valence-electron chi connectivity index (χ2n) is 9.78. The highest BCUT2D eigenvalue weighted by atomic mass is 19.1. The molecule has 0 radical (unpaired) electrons. The highest BCUT2D eigenvalue weighted by Crippen LogP contribution is 2.30. The number of rotatable bonds is 7. The molecule has 0 saturated carbocycles. The minimum atomic E-state index is -0.620. The first-order valence-electron chi connectivity index (χ1n) is 12.3. The normalized spacial score (nSPS) is 16.3. The quantitative estimate of drug-likeness (QED) is 0.362. The zero-order valence-electron chi connectivity index (χ0n) is 22.0. The smallest absolute Gasteiger partial charge is 0.294 e. The van der Waals surface area contributed by atoms with Crippen LogP contribution in [0.1, 0.15) is 38.9 Å². The van der Waals surface area contributed by atoms with E-state index in [0.717, 1.165) is 16.8 Å². The molecule has 0 unspecified atom stereocenters. The predicted molar refractivity (Wildman–Crippen MR) is 139 cm³/mol. The molecule has 0 aliphatic carbocycles. The largest absolute Gasteiger partial charge is 0.364 e. The number of aromatic nitrogens is 1. The van der Waals surface area contributed by atoms with E-state index in [-0.39, 0.29) is 30.1 Å². The van der Waals surface area contributed by atoms with E-state index in [2.05, 4.69) is 4.90 Å². The highest BCUT2D eigenvalue weighted by Gasteiger charge is 2.32. The van der Waals surface area contributed by atoms with E-state index in [1.807, 2.05) is 23.3 Å². The summed E-state index contributed by atoms with van der Waals surface area (Å²) < 4.78 is 20.5. The van der Waals surface area contributed by atoms with Crippen LogP contribution in [-0.2, 0) is 22.8 Å². The first-order chi connectivity index (χ1) is 17.6. The lowest BCUT2D eigenvalue weighted by Crippen LogP contribution is -2.53. The van der Waals surface area contributed by atoms with Crippen LogP contribution >= 0.6 is 0 Å². The van der Waals surface area contributed by atoms with E-state index in [1.54, 1.807) is 37.4 Å². The van der Waals surface area contributed by atoms with Crippen molar-refractivity contribution in [1.29, 1.82) is 0 Å².